The van der Waals surface area contributed by atoms with Crippen LogP contribution >= 0.6 is 22.7 Å². The number of hydrogen-bond donors (Lipinski definition) is 2. The van der Waals surface area contributed by atoms with Crippen LogP contribution in [-0.4, -0.2) is 27.6 Å². The number of nitrogens with one attached hydrogen (secondary N) is 1. The molecular weight excluding hydrogens is 312 g/mol. The van der Waals surface area contributed by atoms with Gasteiger partial charge in [0.15, 0.2) is 10.8 Å². The van der Waals surface area contributed by atoms with E-state index in [1.165, 1.54) is 11.3 Å². The lowest BCUT2D eigenvalue weighted by molar-refractivity contribution is 0.00636. The van der Waals surface area contributed by atoms with Gasteiger partial charge in [-0.25, -0.2) is 14.6 Å². The number of ether oxygens (including phenoxy) is 1. The van der Waals surface area contributed by atoms with Crippen molar-refractivity contribution >= 4 is 45.4 Å². The minimum Gasteiger partial charge on any atom is -0.477 e. The lowest BCUT2D eigenvalue weighted by atomic mass is 10.2. The summed E-state index contributed by atoms with van der Waals surface area (Å²) in [7, 11) is 0. The Morgan fingerprint density at radius 3 is 2.67 bits per heavy atom. The molecule has 0 radical (unpaired) electrons. The summed E-state index contributed by atoms with van der Waals surface area (Å²) in [6.07, 6.45) is 0. The first kappa shape index (κ1) is 15.5. The van der Waals surface area contributed by atoms with Crippen LogP contribution in [0.15, 0.2) is 16.8 Å². The number of rotatable bonds is 4. The minimum atomic E-state index is -1.00. The molecule has 0 amide bonds. The van der Waals surface area contributed by atoms with Crippen LogP contribution < -0.4 is 5.32 Å². The second-order valence-corrected chi connectivity index (χ2v) is 6.91. The van der Waals surface area contributed by atoms with E-state index in [9.17, 15) is 9.59 Å². The zero-order chi connectivity index (χ0) is 15.6. The number of carboxylic acids is 1. The molecule has 0 aliphatic heterocycles. The molecule has 0 saturated carbocycles. The second kappa shape index (κ2) is 5.82. The fraction of sp³-hybridized carbons (Fsp3) is 0.308. The van der Waals surface area contributed by atoms with Gasteiger partial charge in [0.1, 0.15) is 10.5 Å². The first-order valence-corrected chi connectivity index (χ1v) is 7.79. The largest absolute Gasteiger partial charge is 0.477 e. The first-order valence-electron chi connectivity index (χ1n) is 6.03. The molecule has 0 spiro atoms. The number of anilines is 2. The highest BCUT2D eigenvalue weighted by molar-refractivity contribution is 7.14. The van der Waals surface area contributed by atoms with Crippen molar-refractivity contribution in [2.24, 2.45) is 0 Å². The molecule has 2 N–H and O–H groups in total. The maximum atomic E-state index is 11.9. The van der Waals surface area contributed by atoms with Gasteiger partial charge in [0.25, 0.3) is 0 Å². The molecule has 0 unspecified atom stereocenters. The third kappa shape index (κ3) is 4.02. The molecule has 112 valence electrons. The van der Waals surface area contributed by atoms with Crippen LogP contribution in [0.25, 0.3) is 0 Å². The van der Waals surface area contributed by atoms with Crippen LogP contribution in [0.1, 0.15) is 40.9 Å². The monoisotopic (exact) mass is 326 g/mol. The highest BCUT2D eigenvalue weighted by atomic mass is 32.1. The van der Waals surface area contributed by atoms with Crippen LogP contribution in [0, 0.1) is 0 Å². The second-order valence-electron chi connectivity index (χ2n) is 5.13. The standard InChI is InChI=1S/C13H14N2O4S2/c1-13(2,3)19-11(18)8-6-21-12(15-8)14-7-4-5-20-9(7)10(16)17/h4-6H,1-3H3,(H,14,15)(H,16,17). The van der Waals surface area contributed by atoms with E-state index in [-0.39, 0.29) is 10.6 Å². The van der Waals surface area contributed by atoms with E-state index >= 15 is 0 Å². The van der Waals surface area contributed by atoms with Crippen molar-refractivity contribution < 1.29 is 19.4 Å². The Labute approximate surface area is 129 Å². The van der Waals surface area contributed by atoms with Crippen molar-refractivity contribution in [3.05, 3.63) is 27.4 Å². The molecule has 8 heteroatoms. The Hall–Kier alpha value is -1.93. The molecule has 2 aromatic rings. The third-order valence-corrected chi connectivity index (χ3v) is 3.87. The van der Waals surface area contributed by atoms with Gasteiger partial charge < -0.3 is 15.2 Å². The molecule has 0 aliphatic carbocycles. The van der Waals surface area contributed by atoms with Crippen molar-refractivity contribution in [1.82, 2.24) is 4.98 Å². The average molecular weight is 326 g/mol. The molecule has 0 fully saturated rings. The number of thiophene rings is 1. The number of aromatic carboxylic acids is 1. The van der Waals surface area contributed by atoms with Crippen LogP contribution in [0.5, 0.6) is 0 Å². The summed E-state index contributed by atoms with van der Waals surface area (Å²) in [5, 5.41) is 15.6. The summed E-state index contributed by atoms with van der Waals surface area (Å²) >= 11 is 2.33. The summed E-state index contributed by atoms with van der Waals surface area (Å²) in [5.41, 5.74) is 0.0695. The van der Waals surface area contributed by atoms with Gasteiger partial charge in [0.05, 0.1) is 5.69 Å². The molecule has 0 aliphatic rings. The van der Waals surface area contributed by atoms with Crippen molar-refractivity contribution in [1.29, 1.82) is 0 Å². The third-order valence-electron chi connectivity index (χ3n) is 2.21. The lowest BCUT2D eigenvalue weighted by Gasteiger charge is -2.18. The van der Waals surface area contributed by atoms with Gasteiger partial charge in [-0.3, -0.25) is 0 Å². The molecule has 0 saturated heterocycles. The van der Waals surface area contributed by atoms with Crippen LogP contribution in [0.4, 0.5) is 10.8 Å². The molecule has 21 heavy (non-hydrogen) atoms. The fourth-order valence-electron chi connectivity index (χ4n) is 1.44. The normalized spacial score (nSPS) is 11.2. The van der Waals surface area contributed by atoms with Crippen molar-refractivity contribution in [3.8, 4) is 0 Å². The average Bonchev–Trinajstić information content (AvgIpc) is 2.96. The molecule has 0 bridgehead atoms. The van der Waals surface area contributed by atoms with E-state index in [1.54, 1.807) is 37.6 Å². The van der Waals surface area contributed by atoms with E-state index in [4.69, 9.17) is 9.84 Å². The van der Waals surface area contributed by atoms with Crippen LogP contribution in [-0.2, 0) is 4.74 Å². The van der Waals surface area contributed by atoms with Crippen LogP contribution in [0.3, 0.4) is 0 Å². The zero-order valence-electron chi connectivity index (χ0n) is 11.7. The summed E-state index contributed by atoms with van der Waals surface area (Å²) in [6, 6.07) is 1.66. The Morgan fingerprint density at radius 2 is 2.05 bits per heavy atom. The number of carbonyl (C=O) groups excluding carboxylic acids is 1. The lowest BCUT2D eigenvalue weighted by Crippen LogP contribution is -2.24. The maximum Gasteiger partial charge on any atom is 0.358 e. The van der Waals surface area contributed by atoms with Gasteiger partial charge in [-0.15, -0.1) is 22.7 Å². The zero-order valence-corrected chi connectivity index (χ0v) is 13.3. The number of carboxylic acid groups (broad SMARTS) is 1. The van der Waals surface area contributed by atoms with E-state index < -0.39 is 17.5 Å². The van der Waals surface area contributed by atoms with Gasteiger partial charge in [-0.2, -0.15) is 0 Å². The van der Waals surface area contributed by atoms with Gasteiger partial charge >= 0.3 is 11.9 Å². The van der Waals surface area contributed by atoms with E-state index in [0.717, 1.165) is 11.3 Å². The highest BCUT2D eigenvalue weighted by Gasteiger charge is 2.20. The number of esters is 1. The van der Waals surface area contributed by atoms with Gasteiger partial charge in [-0.1, -0.05) is 0 Å². The quantitative estimate of drug-likeness (QED) is 0.835. The Morgan fingerprint density at radius 1 is 1.33 bits per heavy atom. The fourth-order valence-corrected chi connectivity index (χ4v) is 2.82. The number of hydrogen-bond acceptors (Lipinski definition) is 7. The number of nitrogens with zero attached hydrogens (tertiary/aromatic N) is 1. The smallest absolute Gasteiger partial charge is 0.358 e. The van der Waals surface area contributed by atoms with Crippen molar-refractivity contribution in [2.45, 2.75) is 26.4 Å². The van der Waals surface area contributed by atoms with E-state index in [0.29, 0.717) is 10.8 Å². The molecule has 0 aromatic carbocycles. The number of thiazole rings is 1. The molecule has 2 aromatic heterocycles. The van der Waals surface area contributed by atoms with Gasteiger partial charge in [-0.05, 0) is 32.2 Å². The predicted octanol–water partition coefficient (Wildman–Crippen LogP) is 3.60. The van der Waals surface area contributed by atoms with Gasteiger partial charge in [0, 0.05) is 5.38 Å². The maximum absolute atomic E-state index is 11.9. The Bertz CT molecular complexity index is 670. The summed E-state index contributed by atoms with van der Waals surface area (Å²) in [6.45, 7) is 5.34. The highest BCUT2D eigenvalue weighted by Crippen LogP contribution is 2.28. The number of aromatic nitrogens is 1. The van der Waals surface area contributed by atoms with E-state index in [1.807, 2.05) is 0 Å². The molecule has 0 atom stereocenters. The SMILES string of the molecule is CC(C)(C)OC(=O)c1csc(Nc2ccsc2C(=O)O)n1. The Kier molecular flexibility index (Phi) is 4.29. The van der Waals surface area contributed by atoms with Gasteiger partial charge in [0.2, 0.25) is 0 Å². The van der Waals surface area contributed by atoms with Crippen LogP contribution in [0.2, 0.25) is 0 Å². The molecule has 2 rings (SSSR count). The minimum absolute atomic E-state index is 0.198. The summed E-state index contributed by atoms with van der Waals surface area (Å²) in [4.78, 5) is 27.2. The van der Waals surface area contributed by atoms with E-state index in [2.05, 4.69) is 10.3 Å². The summed E-state index contributed by atoms with van der Waals surface area (Å²) < 4.78 is 5.22. The summed E-state index contributed by atoms with van der Waals surface area (Å²) in [5.74, 6) is -1.51. The topological polar surface area (TPSA) is 88.5 Å². The first-order chi connectivity index (χ1) is 9.76. The van der Waals surface area contributed by atoms with Crippen molar-refractivity contribution in [2.75, 3.05) is 5.32 Å². The molecular formula is C13H14N2O4S2. The van der Waals surface area contributed by atoms with Crippen molar-refractivity contribution in [3.63, 3.8) is 0 Å². The predicted molar refractivity (Wildman–Crippen MR) is 81.8 cm³/mol. The molecule has 6 nitrogen and oxygen atoms in total. The number of carbonyl (C=O) groups is 2. The Balaban J connectivity index is 2.12. The molecule has 2 heterocycles.